The van der Waals surface area contributed by atoms with Crippen LogP contribution >= 0.6 is 0 Å². The van der Waals surface area contributed by atoms with E-state index in [1.807, 2.05) is 11.9 Å². The molecule has 1 heterocycles. The van der Waals surface area contributed by atoms with Gasteiger partial charge in [-0.15, -0.1) is 0 Å². The minimum atomic E-state index is -0.986. The molecule has 1 aromatic carbocycles. The van der Waals surface area contributed by atoms with Crippen molar-refractivity contribution in [2.45, 2.75) is 82.3 Å². The topological polar surface area (TPSA) is 81.8 Å². The molecule has 3 fully saturated rings. The molecule has 168 valence electrons. The lowest BCUT2D eigenvalue weighted by Gasteiger charge is -2.33. The Morgan fingerprint density at radius 3 is 2.52 bits per heavy atom. The van der Waals surface area contributed by atoms with Crippen LogP contribution in [0.4, 0.5) is 20.6 Å². The Kier molecular flexibility index (Phi) is 5.90. The highest BCUT2D eigenvalue weighted by atomic mass is 19.1. The minimum absolute atomic E-state index is 0.303. The van der Waals surface area contributed by atoms with Crippen LogP contribution in [0.1, 0.15) is 64.7 Å². The van der Waals surface area contributed by atoms with Crippen LogP contribution in [0.15, 0.2) is 18.2 Å². The summed E-state index contributed by atoms with van der Waals surface area (Å²) >= 11 is 0. The largest absolute Gasteiger partial charge is 0.369 e. The zero-order valence-corrected chi connectivity index (χ0v) is 18.2. The molecular formula is C23H31FN4O3. The molecule has 0 bridgehead atoms. The van der Waals surface area contributed by atoms with Crippen molar-refractivity contribution in [2.75, 3.05) is 17.3 Å². The molecule has 2 aliphatic carbocycles. The molecule has 2 N–H and O–H groups in total. The number of hydrogen-bond donors (Lipinski definition) is 2. The highest BCUT2D eigenvalue weighted by Crippen LogP contribution is 2.36. The summed E-state index contributed by atoms with van der Waals surface area (Å²) in [5.74, 6) is -1.27. The van der Waals surface area contributed by atoms with Crippen molar-refractivity contribution in [3.05, 3.63) is 24.0 Å². The fraction of sp³-hybridized carbons (Fsp3) is 0.609. The highest BCUT2D eigenvalue weighted by Gasteiger charge is 2.54. The third-order valence-corrected chi connectivity index (χ3v) is 7.13. The first-order valence-corrected chi connectivity index (χ1v) is 11.3. The molecule has 31 heavy (non-hydrogen) atoms. The monoisotopic (exact) mass is 430 g/mol. The van der Waals surface area contributed by atoms with Gasteiger partial charge in [-0.2, -0.15) is 0 Å². The molecule has 0 radical (unpaired) electrons. The Morgan fingerprint density at radius 2 is 1.87 bits per heavy atom. The predicted octanol–water partition coefficient (Wildman–Crippen LogP) is 3.79. The SMILES string of the molecule is CC(C(=O)Nc1ccc(N(C)C2CCCCC2)c(F)c1)N1C(=O)NC2(CCCC2)C1=O. The Hall–Kier alpha value is -2.64. The van der Waals surface area contributed by atoms with E-state index in [1.165, 1.54) is 19.4 Å². The van der Waals surface area contributed by atoms with Crippen molar-refractivity contribution in [3.8, 4) is 0 Å². The Balaban J connectivity index is 1.43. The first kappa shape index (κ1) is 21.6. The maximum atomic E-state index is 14.8. The summed E-state index contributed by atoms with van der Waals surface area (Å²) in [5.41, 5.74) is -0.0451. The van der Waals surface area contributed by atoms with Crippen LogP contribution in [0, 0.1) is 5.82 Å². The average Bonchev–Trinajstić information content (AvgIpc) is 3.32. The zero-order valence-electron chi connectivity index (χ0n) is 18.2. The van der Waals surface area contributed by atoms with Gasteiger partial charge < -0.3 is 15.5 Å². The number of halogens is 1. The van der Waals surface area contributed by atoms with Crippen LogP contribution in [0.5, 0.6) is 0 Å². The molecule has 1 spiro atoms. The second-order valence-electron chi connectivity index (χ2n) is 9.13. The number of amides is 4. The van der Waals surface area contributed by atoms with Gasteiger partial charge in [-0.25, -0.2) is 14.1 Å². The number of carbonyl (C=O) groups excluding carboxylic acids is 3. The molecule has 3 aliphatic rings. The Bertz CT molecular complexity index is 878. The lowest BCUT2D eigenvalue weighted by Crippen LogP contribution is -2.48. The molecule has 2 saturated carbocycles. The molecule has 1 atom stereocenters. The molecule has 1 saturated heterocycles. The molecule has 1 aliphatic heterocycles. The van der Waals surface area contributed by atoms with Crippen molar-refractivity contribution in [3.63, 3.8) is 0 Å². The van der Waals surface area contributed by atoms with E-state index < -0.39 is 29.3 Å². The van der Waals surface area contributed by atoms with Gasteiger partial charge in [0.15, 0.2) is 0 Å². The maximum absolute atomic E-state index is 14.8. The average molecular weight is 431 g/mol. The summed E-state index contributed by atoms with van der Waals surface area (Å²) in [7, 11) is 1.91. The molecule has 1 aromatic rings. The van der Waals surface area contributed by atoms with Crippen molar-refractivity contribution < 1.29 is 18.8 Å². The van der Waals surface area contributed by atoms with Crippen molar-refractivity contribution >= 4 is 29.2 Å². The van der Waals surface area contributed by atoms with Crippen LogP contribution in [-0.2, 0) is 9.59 Å². The number of urea groups is 1. The fourth-order valence-electron chi connectivity index (χ4n) is 5.21. The van der Waals surface area contributed by atoms with Gasteiger partial charge in [0.25, 0.3) is 5.91 Å². The van der Waals surface area contributed by atoms with Crippen LogP contribution in [-0.4, -0.2) is 47.4 Å². The fourth-order valence-corrected chi connectivity index (χ4v) is 5.21. The van der Waals surface area contributed by atoms with E-state index in [1.54, 1.807) is 12.1 Å². The second-order valence-corrected chi connectivity index (χ2v) is 9.13. The quantitative estimate of drug-likeness (QED) is 0.697. The van der Waals surface area contributed by atoms with Gasteiger partial charge in [0.2, 0.25) is 5.91 Å². The summed E-state index contributed by atoms with van der Waals surface area (Å²) in [6, 6.07) is 3.43. The Morgan fingerprint density at radius 1 is 1.19 bits per heavy atom. The number of carbonyl (C=O) groups is 3. The number of nitrogens with zero attached hydrogens (tertiary/aromatic N) is 2. The predicted molar refractivity (Wildman–Crippen MR) is 116 cm³/mol. The zero-order chi connectivity index (χ0) is 22.2. The molecule has 7 nitrogen and oxygen atoms in total. The Labute approximate surface area is 182 Å². The molecule has 4 amide bonds. The maximum Gasteiger partial charge on any atom is 0.325 e. The number of hydrogen-bond acceptors (Lipinski definition) is 4. The van der Waals surface area contributed by atoms with Gasteiger partial charge in [-0.3, -0.25) is 9.59 Å². The van der Waals surface area contributed by atoms with E-state index >= 15 is 0 Å². The third-order valence-electron chi connectivity index (χ3n) is 7.13. The van der Waals surface area contributed by atoms with Crippen molar-refractivity contribution in [1.82, 2.24) is 10.2 Å². The normalized spacial score (nSPS) is 22.0. The lowest BCUT2D eigenvalue weighted by molar-refractivity contribution is -0.136. The highest BCUT2D eigenvalue weighted by molar-refractivity contribution is 6.11. The standard InChI is InChI=1S/C23H31FN4O3/c1-15(28-21(30)23(26-22(28)31)12-6-7-13-23)20(29)25-16-10-11-19(18(24)14-16)27(2)17-8-4-3-5-9-17/h10-11,14-15,17H,3-9,12-13H2,1-2H3,(H,25,29)(H,26,31). The summed E-state index contributed by atoms with van der Waals surface area (Å²) in [6.07, 6.45) is 8.61. The third kappa shape index (κ3) is 4.00. The number of nitrogens with one attached hydrogen (secondary N) is 2. The summed E-state index contributed by atoms with van der Waals surface area (Å²) < 4.78 is 14.8. The van der Waals surface area contributed by atoms with E-state index in [4.69, 9.17) is 0 Å². The smallest absolute Gasteiger partial charge is 0.325 e. The van der Waals surface area contributed by atoms with Gasteiger partial charge in [-0.05, 0) is 50.8 Å². The van der Waals surface area contributed by atoms with E-state index in [-0.39, 0.29) is 5.91 Å². The van der Waals surface area contributed by atoms with Crippen molar-refractivity contribution in [1.29, 1.82) is 0 Å². The second kappa shape index (κ2) is 8.48. The van der Waals surface area contributed by atoms with E-state index in [2.05, 4.69) is 10.6 Å². The summed E-state index contributed by atoms with van der Waals surface area (Å²) in [6.45, 7) is 1.52. The summed E-state index contributed by atoms with van der Waals surface area (Å²) in [4.78, 5) is 41.0. The van der Waals surface area contributed by atoms with Gasteiger partial charge in [0.1, 0.15) is 17.4 Å². The molecule has 4 rings (SSSR count). The van der Waals surface area contributed by atoms with Gasteiger partial charge in [0, 0.05) is 18.8 Å². The molecule has 1 unspecified atom stereocenters. The van der Waals surface area contributed by atoms with Crippen LogP contribution in [0.2, 0.25) is 0 Å². The van der Waals surface area contributed by atoms with E-state index in [9.17, 15) is 18.8 Å². The van der Waals surface area contributed by atoms with Crippen molar-refractivity contribution in [2.24, 2.45) is 0 Å². The van der Waals surface area contributed by atoms with Gasteiger partial charge in [-0.1, -0.05) is 32.1 Å². The first-order valence-electron chi connectivity index (χ1n) is 11.3. The van der Waals surface area contributed by atoms with Crippen LogP contribution in [0.25, 0.3) is 0 Å². The molecule has 0 aromatic heterocycles. The van der Waals surface area contributed by atoms with E-state index in [0.717, 1.165) is 43.4 Å². The number of benzene rings is 1. The minimum Gasteiger partial charge on any atom is -0.369 e. The van der Waals surface area contributed by atoms with Crippen LogP contribution < -0.4 is 15.5 Å². The molecular weight excluding hydrogens is 399 g/mol. The molecule has 8 heteroatoms. The first-order chi connectivity index (χ1) is 14.8. The number of imide groups is 1. The number of anilines is 2. The van der Waals surface area contributed by atoms with Gasteiger partial charge >= 0.3 is 6.03 Å². The van der Waals surface area contributed by atoms with Crippen LogP contribution in [0.3, 0.4) is 0 Å². The summed E-state index contributed by atoms with van der Waals surface area (Å²) in [5, 5.41) is 5.43. The lowest BCUT2D eigenvalue weighted by atomic mass is 9.94. The van der Waals surface area contributed by atoms with Gasteiger partial charge in [0.05, 0.1) is 5.69 Å². The number of rotatable bonds is 5. The van der Waals surface area contributed by atoms with E-state index in [0.29, 0.717) is 30.3 Å².